The number of piperidine rings is 1. The van der Waals surface area contributed by atoms with Gasteiger partial charge < -0.3 is 15.0 Å². The van der Waals surface area contributed by atoms with E-state index in [9.17, 15) is 4.79 Å². The van der Waals surface area contributed by atoms with Crippen molar-refractivity contribution in [3.05, 3.63) is 35.9 Å². The van der Waals surface area contributed by atoms with Crippen molar-refractivity contribution in [2.45, 2.75) is 25.8 Å². The first-order valence-corrected chi connectivity index (χ1v) is 7.32. The number of nitrogens with one attached hydrogen (secondary N) is 1. The van der Waals surface area contributed by atoms with Gasteiger partial charge in [-0.3, -0.25) is 0 Å². The van der Waals surface area contributed by atoms with Crippen molar-refractivity contribution in [1.82, 2.24) is 10.2 Å². The number of nitrogens with zero attached hydrogens (tertiary/aromatic N) is 1. The predicted octanol–water partition coefficient (Wildman–Crippen LogP) is 2.30. The zero-order valence-electron chi connectivity index (χ0n) is 12.3. The van der Waals surface area contributed by atoms with E-state index in [0.29, 0.717) is 5.92 Å². The third kappa shape index (κ3) is 4.23. The van der Waals surface area contributed by atoms with Crippen molar-refractivity contribution < 1.29 is 9.53 Å². The van der Waals surface area contributed by atoms with Crippen molar-refractivity contribution in [2.24, 2.45) is 5.92 Å². The second-order valence-corrected chi connectivity index (χ2v) is 5.48. The second-order valence-electron chi connectivity index (χ2n) is 5.48. The monoisotopic (exact) mass is 276 g/mol. The van der Waals surface area contributed by atoms with Crippen LogP contribution >= 0.6 is 0 Å². The van der Waals surface area contributed by atoms with E-state index >= 15 is 0 Å². The lowest BCUT2D eigenvalue weighted by Gasteiger charge is -2.37. The maximum atomic E-state index is 11.4. The summed E-state index contributed by atoms with van der Waals surface area (Å²) in [7, 11) is 1.41. The van der Waals surface area contributed by atoms with E-state index in [1.54, 1.807) is 0 Å². The summed E-state index contributed by atoms with van der Waals surface area (Å²) in [4.78, 5) is 13.8. The van der Waals surface area contributed by atoms with Crippen LogP contribution in [0.4, 0.5) is 4.79 Å². The van der Waals surface area contributed by atoms with Gasteiger partial charge in [0.05, 0.1) is 7.11 Å². The Morgan fingerprint density at radius 1 is 1.35 bits per heavy atom. The van der Waals surface area contributed by atoms with Crippen LogP contribution in [0.25, 0.3) is 0 Å². The minimum Gasteiger partial charge on any atom is -0.453 e. The number of hydrogen-bond donors (Lipinski definition) is 1. The van der Waals surface area contributed by atoms with Crippen molar-refractivity contribution in [3.63, 3.8) is 0 Å². The molecule has 2 unspecified atom stereocenters. The topological polar surface area (TPSA) is 41.6 Å². The number of amides is 1. The number of alkyl carbamates (subject to hydrolysis) is 1. The van der Waals surface area contributed by atoms with Gasteiger partial charge in [-0.25, -0.2) is 4.79 Å². The Labute approximate surface area is 121 Å². The lowest BCUT2D eigenvalue weighted by atomic mass is 9.89. The Balaban J connectivity index is 1.96. The van der Waals surface area contributed by atoms with Crippen LogP contribution in [-0.2, 0) is 11.2 Å². The van der Waals surface area contributed by atoms with Crippen molar-refractivity contribution in [3.8, 4) is 0 Å². The molecular weight excluding hydrogens is 252 g/mol. The number of methoxy groups -OCH3 is 1. The van der Waals surface area contributed by atoms with Crippen LogP contribution in [0.15, 0.2) is 30.3 Å². The van der Waals surface area contributed by atoms with Gasteiger partial charge >= 0.3 is 6.09 Å². The highest BCUT2D eigenvalue weighted by Crippen LogP contribution is 2.21. The summed E-state index contributed by atoms with van der Waals surface area (Å²) < 4.78 is 4.71. The molecule has 0 aromatic heterocycles. The molecule has 0 radical (unpaired) electrons. The van der Waals surface area contributed by atoms with Gasteiger partial charge in [0, 0.05) is 19.1 Å². The first-order chi connectivity index (χ1) is 9.71. The number of carbonyl (C=O) groups excluding carboxylic acids is 1. The maximum absolute atomic E-state index is 11.4. The zero-order chi connectivity index (χ0) is 14.4. The fraction of sp³-hybridized carbons (Fsp3) is 0.562. The third-order valence-corrected chi connectivity index (χ3v) is 3.93. The maximum Gasteiger partial charge on any atom is 0.407 e. The minimum atomic E-state index is -0.327. The Morgan fingerprint density at radius 3 is 2.75 bits per heavy atom. The zero-order valence-corrected chi connectivity index (χ0v) is 12.3. The molecule has 1 aromatic carbocycles. The first kappa shape index (κ1) is 14.9. The molecule has 1 aliphatic heterocycles. The summed E-state index contributed by atoms with van der Waals surface area (Å²) in [5.41, 5.74) is 1.37. The molecule has 0 aliphatic carbocycles. The summed E-state index contributed by atoms with van der Waals surface area (Å²) >= 11 is 0. The fourth-order valence-electron chi connectivity index (χ4n) is 2.99. The van der Waals surface area contributed by atoms with Gasteiger partial charge in [-0.05, 0) is 30.9 Å². The molecule has 110 valence electrons. The highest BCUT2D eigenvalue weighted by atomic mass is 16.5. The van der Waals surface area contributed by atoms with Crippen molar-refractivity contribution in [1.29, 1.82) is 0 Å². The largest absolute Gasteiger partial charge is 0.453 e. The minimum absolute atomic E-state index is 0.185. The van der Waals surface area contributed by atoms with Crippen LogP contribution in [0.1, 0.15) is 18.9 Å². The van der Waals surface area contributed by atoms with Crippen molar-refractivity contribution in [2.75, 3.05) is 26.7 Å². The quantitative estimate of drug-likeness (QED) is 0.917. The smallest absolute Gasteiger partial charge is 0.407 e. The molecule has 4 heteroatoms. The molecule has 1 heterocycles. The van der Waals surface area contributed by atoms with Gasteiger partial charge in [-0.1, -0.05) is 37.3 Å². The molecule has 20 heavy (non-hydrogen) atoms. The van der Waals surface area contributed by atoms with Gasteiger partial charge in [0.1, 0.15) is 0 Å². The average molecular weight is 276 g/mol. The summed E-state index contributed by atoms with van der Waals surface area (Å²) in [5, 5.41) is 2.95. The van der Waals surface area contributed by atoms with Crippen LogP contribution in [-0.4, -0.2) is 43.8 Å². The molecule has 1 N–H and O–H groups in total. The van der Waals surface area contributed by atoms with Gasteiger partial charge in [-0.15, -0.1) is 0 Å². The number of hydrogen-bond acceptors (Lipinski definition) is 3. The standard InChI is InChI=1S/C16H24N2O2/c1-3-18-11-14(9-13-7-5-4-6-8-13)10-15(12-18)17-16(19)20-2/h4-8,14-15H,3,9-12H2,1-2H3,(H,17,19). The molecule has 1 aromatic rings. The number of carbonyl (C=O) groups is 1. The predicted molar refractivity (Wildman–Crippen MR) is 79.7 cm³/mol. The summed E-state index contributed by atoms with van der Waals surface area (Å²) in [6.07, 6.45) is 1.75. The van der Waals surface area contributed by atoms with E-state index in [-0.39, 0.29) is 12.1 Å². The summed E-state index contributed by atoms with van der Waals surface area (Å²) in [6, 6.07) is 10.7. The molecule has 0 spiro atoms. The fourth-order valence-corrected chi connectivity index (χ4v) is 2.99. The molecule has 1 saturated heterocycles. The SMILES string of the molecule is CCN1CC(Cc2ccccc2)CC(NC(=O)OC)C1. The van der Waals surface area contributed by atoms with Gasteiger partial charge in [-0.2, -0.15) is 0 Å². The normalized spacial score (nSPS) is 23.3. The van der Waals surface area contributed by atoms with Gasteiger partial charge in [0.2, 0.25) is 0 Å². The number of ether oxygens (including phenoxy) is 1. The Kier molecular flexibility index (Phi) is 5.41. The van der Waals surface area contributed by atoms with Crippen LogP contribution in [0.2, 0.25) is 0 Å². The highest BCUT2D eigenvalue weighted by Gasteiger charge is 2.27. The van der Waals surface area contributed by atoms with E-state index in [2.05, 4.69) is 41.4 Å². The third-order valence-electron chi connectivity index (χ3n) is 3.93. The van der Waals surface area contributed by atoms with E-state index in [1.165, 1.54) is 12.7 Å². The molecule has 2 atom stereocenters. The van der Waals surface area contributed by atoms with Crippen molar-refractivity contribution >= 4 is 6.09 Å². The number of likely N-dealkylation sites (N-methyl/N-ethyl adjacent to an activating group) is 1. The van der Waals surface area contributed by atoms with Crippen LogP contribution in [0.3, 0.4) is 0 Å². The molecule has 1 fully saturated rings. The van der Waals surface area contributed by atoms with Crippen LogP contribution in [0, 0.1) is 5.92 Å². The Morgan fingerprint density at radius 2 is 2.10 bits per heavy atom. The Bertz CT molecular complexity index is 422. The molecule has 0 bridgehead atoms. The summed E-state index contributed by atoms with van der Waals surface area (Å²) in [5.74, 6) is 0.577. The van der Waals surface area contributed by atoms with Gasteiger partial charge in [0.15, 0.2) is 0 Å². The van der Waals surface area contributed by atoms with E-state index in [1.807, 2.05) is 6.07 Å². The number of benzene rings is 1. The van der Waals surface area contributed by atoms with E-state index in [0.717, 1.165) is 32.5 Å². The van der Waals surface area contributed by atoms with Crippen LogP contribution in [0.5, 0.6) is 0 Å². The number of likely N-dealkylation sites (tertiary alicyclic amines) is 1. The van der Waals surface area contributed by atoms with Gasteiger partial charge in [0.25, 0.3) is 0 Å². The molecule has 2 rings (SSSR count). The lowest BCUT2D eigenvalue weighted by Crippen LogP contribution is -2.51. The van der Waals surface area contributed by atoms with E-state index in [4.69, 9.17) is 4.74 Å². The summed E-state index contributed by atoms with van der Waals surface area (Å²) in [6.45, 7) is 5.20. The molecule has 1 aliphatic rings. The second kappa shape index (κ2) is 7.29. The molecule has 0 saturated carbocycles. The van der Waals surface area contributed by atoms with E-state index < -0.39 is 0 Å². The Hall–Kier alpha value is -1.55. The van der Waals surface area contributed by atoms with Crippen LogP contribution < -0.4 is 5.32 Å². The average Bonchev–Trinajstić information content (AvgIpc) is 2.47. The lowest BCUT2D eigenvalue weighted by molar-refractivity contribution is 0.128. The molecule has 4 nitrogen and oxygen atoms in total. The molecular formula is C16H24N2O2. The molecule has 1 amide bonds. The number of rotatable bonds is 4. The highest BCUT2D eigenvalue weighted by molar-refractivity contribution is 5.67. The first-order valence-electron chi connectivity index (χ1n) is 7.32.